The lowest BCUT2D eigenvalue weighted by Crippen LogP contribution is -2.39. The smallest absolute Gasteiger partial charge is 0.270 e. The summed E-state index contributed by atoms with van der Waals surface area (Å²) in [6, 6.07) is 1.35. The molecule has 8 heteroatoms. The van der Waals surface area contributed by atoms with E-state index < -0.39 is 0 Å². The first-order valence-electron chi connectivity index (χ1n) is 7.95. The Labute approximate surface area is 155 Å². The predicted molar refractivity (Wildman–Crippen MR) is 96.3 cm³/mol. The van der Waals surface area contributed by atoms with Crippen molar-refractivity contribution in [3.8, 4) is 5.75 Å². The monoisotopic (exact) mass is 381 g/mol. The summed E-state index contributed by atoms with van der Waals surface area (Å²) in [5.74, 6) is 0.151. The number of carbonyl (C=O) groups is 1. The first kappa shape index (κ1) is 18.1. The average molecular weight is 382 g/mol. The number of amides is 1. The van der Waals surface area contributed by atoms with Crippen molar-refractivity contribution in [1.82, 2.24) is 15.3 Å². The molecule has 2 aromatic rings. The molecule has 134 valence electrons. The van der Waals surface area contributed by atoms with E-state index in [1.165, 1.54) is 17.5 Å². The molecular formula is C17H20ClN3O3S. The van der Waals surface area contributed by atoms with Gasteiger partial charge >= 0.3 is 0 Å². The van der Waals surface area contributed by atoms with Gasteiger partial charge in [0.1, 0.15) is 27.6 Å². The first-order valence-corrected chi connectivity index (χ1v) is 9.20. The molecule has 0 aliphatic carbocycles. The van der Waals surface area contributed by atoms with Crippen LogP contribution in [0.3, 0.4) is 0 Å². The van der Waals surface area contributed by atoms with E-state index in [4.69, 9.17) is 21.1 Å². The zero-order valence-corrected chi connectivity index (χ0v) is 15.9. The van der Waals surface area contributed by atoms with E-state index >= 15 is 0 Å². The summed E-state index contributed by atoms with van der Waals surface area (Å²) in [6.45, 7) is 7.21. The number of hydrogen-bond acceptors (Lipinski definition) is 6. The molecule has 2 aromatic heterocycles. The molecule has 1 fully saturated rings. The van der Waals surface area contributed by atoms with E-state index in [1.807, 2.05) is 5.38 Å². The van der Waals surface area contributed by atoms with Crippen molar-refractivity contribution in [2.45, 2.75) is 32.9 Å². The highest BCUT2D eigenvalue weighted by Crippen LogP contribution is 2.34. The quantitative estimate of drug-likeness (QED) is 0.858. The Bertz CT molecular complexity index is 742. The van der Waals surface area contributed by atoms with Crippen LogP contribution in [-0.2, 0) is 4.74 Å². The van der Waals surface area contributed by atoms with E-state index in [0.29, 0.717) is 24.0 Å². The van der Waals surface area contributed by atoms with Crippen LogP contribution in [0, 0.1) is 5.41 Å². The minimum absolute atomic E-state index is 0.0338. The van der Waals surface area contributed by atoms with Gasteiger partial charge in [0, 0.05) is 17.6 Å². The maximum Gasteiger partial charge on any atom is 0.270 e. The van der Waals surface area contributed by atoms with E-state index in [1.54, 1.807) is 12.3 Å². The molecule has 1 atom stereocenters. The Kier molecular flexibility index (Phi) is 5.27. The van der Waals surface area contributed by atoms with Crippen LogP contribution in [0.4, 0.5) is 0 Å². The highest BCUT2D eigenvalue weighted by atomic mass is 35.5. The van der Waals surface area contributed by atoms with Crippen LogP contribution in [0.1, 0.15) is 42.3 Å². The van der Waals surface area contributed by atoms with Gasteiger partial charge in [0.15, 0.2) is 0 Å². The van der Waals surface area contributed by atoms with Gasteiger partial charge in [-0.15, -0.1) is 11.3 Å². The van der Waals surface area contributed by atoms with Gasteiger partial charge in [0.25, 0.3) is 5.91 Å². The molecule has 3 heterocycles. The molecule has 3 rings (SSSR count). The lowest BCUT2D eigenvalue weighted by Gasteiger charge is -2.30. The first-order chi connectivity index (χ1) is 11.8. The Morgan fingerprint density at radius 2 is 2.20 bits per heavy atom. The number of rotatable bonds is 5. The topological polar surface area (TPSA) is 73.3 Å². The number of ether oxygens (including phenoxy) is 2. The summed E-state index contributed by atoms with van der Waals surface area (Å²) in [6.07, 6.45) is 3.13. The Hall–Kier alpha value is -1.70. The molecule has 0 bridgehead atoms. The number of nitrogens with zero attached hydrogens (tertiary/aromatic N) is 2. The van der Waals surface area contributed by atoms with Crippen molar-refractivity contribution in [1.29, 1.82) is 0 Å². The minimum atomic E-state index is -0.290. The molecule has 1 unspecified atom stereocenters. The van der Waals surface area contributed by atoms with Crippen LogP contribution < -0.4 is 10.1 Å². The number of hydrogen-bond donors (Lipinski definition) is 1. The summed E-state index contributed by atoms with van der Waals surface area (Å²) in [5, 5.41) is 6.15. The van der Waals surface area contributed by atoms with Crippen LogP contribution in [0.15, 0.2) is 23.8 Å². The Balaban J connectivity index is 1.78. The average Bonchev–Trinajstić information content (AvgIpc) is 3.02. The van der Waals surface area contributed by atoms with Crippen molar-refractivity contribution in [3.63, 3.8) is 0 Å². The minimum Gasteiger partial charge on any atom is -0.484 e. The highest BCUT2D eigenvalue weighted by Gasteiger charge is 2.31. The fourth-order valence-corrected chi connectivity index (χ4v) is 3.41. The van der Waals surface area contributed by atoms with Gasteiger partial charge in [-0.05, 0) is 5.41 Å². The number of pyridine rings is 1. The summed E-state index contributed by atoms with van der Waals surface area (Å²) in [7, 11) is 0. The van der Waals surface area contributed by atoms with Gasteiger partial charge in [-0.2, -0.15) is 0 Å². The third kappa shape index (κ3) is 4.29. The van der Waals surface area contributed by atoms with Crippen LogP contribution in [0.25, 0.3) is 0 Å². The summed E-state index contributed by atoms with van der Waals surface area (Å²) in [4.78, 5) is 21.2. The summed E-state index contributed by atoms with van der Waals surface area (Å²) >= 11 is 7.63. The molecular weight excluding hydrogens is 362 g/mol. The van der Waals surface area contributed by atoms with Crippen LogP contribution in [0.2, 0.25) is 5.02 Å². The molecule has 1 aliphatic rings. The van der Waals surface area contributed by atoms with Crippen molar-refractivity contribution in [2.75, 3.05) is 13.2 Å². The van der Waals surface area contributed by atoms with Crippen molar-refractivity contribution in [3.05, 3.63) is 39.6 Å². The molecule has 1 N–H and O–H groups in total. The SMILES string of the molecule is CC(C)(C)C(NC(=O)c1cc(OC2COC2)c(Cl)cn1)c1nccs1. The van der Waals surface area contributed by atoms with Crippen molar-refractivity contribution >= 4 is 28.8 Å². The van der Waals surface area contributed by atoms with Crippen LogP contribution >= 0.6 is 22.9 Å². The lowest BCUT2D eigenvalue weighted by atomic mass is 9.87. The maximum absolute atomic E-state index is 12.7. The highest BCUT2D eigenvalue weighted by molar-refractivity contribution is 7.09. The van der Waals surface area contributed by atoms with Gasteiger partial charge < -0.3 is 14.8 Å². The number of thiazole rings is 1. The number of nitrogens with one attached hydrogen (secondary N) is 1. The van der Waals surface area contributed by atoms with Crippen LogP contribution in [0.5, 0.6) is 5.75 Å². The molecule has 1 saturated heterocycles. The van der Waals surface area contributed by atoms with Gasteiger partial charge in [0.05, 0.1) is 25.5 Å². The zero-order chi connectivity index (χ0) is 18.0. The van der Waals surface area contributed by atoms with E-state index in [0.717, 1.165) is 5.01 Å². The number of carbonyl (C=O) groups excluding carboxylic acids is 1. The van der Waals surface area contributed by atoms with E-state index in [9.17, 15) is 4.79 Å². The van der Waals surface area contributed by atoms with Gasteiger partial charge in [-0.1, -0.05) is 32.4 Å². The van der Waals surface area contributed by atoms with E-state index in [2.05, 4.69) is 36.1 Å². The molecule has 0 radical (unpaired) electrons. The van der Waals surface area contributed by atoms with Crippen molar-refractivity contribution < 1.29 is 14.3 Å². The number of halogens is 1. The summed E-state index contributed by atoms with van der Waals surface area (Å²) < 4.78 is 10.8. The fourth-order valence-electron chi connectivity index (χ4n) is 2.33. The molecule has 0 aromatic carbocycles. The largest absolute Gasteiger partial charge is 0.484 e. The maximum atomic E-state index is 12.7. The molecule has 6 nitrogen and oxygen atoms in total. The van der Waals surface area contributed by atoms with Gasteiger partial charge in [-0.3, -0.25) is 4.79 Å². The molecule has 0 saturated carbocycles. The Morgan fingerprint density at radius 1 is 1.44 bits per heavy atom. The lowest BCUT2D eigenvalue weighted by molar-refractivity contribution is -0.0796. The number of aromatic nitrogens is 2. The fraction of sp³-hybridized carbons (Fsp3) is 0.471. The second-order valence-electron chi connectivity index (χ2n) is 6.92. The van der Waals surface area contributed by atoms with Gasteiger partial charge in [0.2, 0.25) is 0 Å². The zero-order valence-electron chi connectivity index (χ0n) is 14.3. The van der Waals surface area contributed by atoms with E-state index in [-0.39, 0.29) is 29.2 Å². The van der Waals surface area contributed by atoms with Gasteiger partial charge in [-0.25, -0.2) is 9.97 Å². The summed E-state index contributed by atoms with van der Waals surface area (Å²) in [5.41, 5.74) is 0.0631. The molecule has 25 heavy (non-hydrogen) atoms. The molecule has 0 spiro atoms. The second kappa shape index (κ2) is 7.27. The van der Waals surface area contributed by atoms with Crippen molar-refractivity contribution in [2.24, 2.45) is 5.41 Å². The molecule has 1 amide bonds. The normalized spacial score (nSPS) is 16.2. The third-order valence-electron chi connectivity index (χ3n) is 3.79. The Morgan fingerprint density at radius 3 is 2.76 bits per heavy atom. The molecule has 1 aliphatic heterocycles. The standard InChI is InChI=1S/C17H20ClN3O3S/c1-17(2,3)14(16-19-4-5-25-16)21-15(22)12-6-13(11(18)7-20-12)24-10-8-23-9-10/h4-7,10,14H,8-9H2,1-3H3,(H,21,22). The second-order valence-corrected chi connectivity index (χ2v) is 8.25. The third-order valence-corrected chi connectivity index (χ3v) is 4.92. The van der Waals surface area contributed by atoms with Crippen LogP contribution in [-0.4, -0.2) is 35.2 Å². The predicted octanol–water partition coefficient (Wildman–Crippen LogP) is 3.49.